The van der Waals surface area contributed by atoms with E-state index < -0.39 is 22.9 Å². The van der Waals surface area contributed by atoms with E-state index in [-0.39, 0.29) is 11.4 Å². The summed E-state index contributed by atoms with van der Waals surface area (Å²) < 4.78 is 24.7. The minimum Gasteiger partial charge on any atom is -0.358 e. The minimum atomic E-state index is -2.84. The van der Waals surface area contributed by atoms with Crippen LogP contribution in [0.5, 0.6) is 0 Å². The minimum absolute atomic E-state index is 0.0606. The van der Waals surface area contributed by atoms with Crippen LogP contribution >= 0.6 is 11.6 Å². The molecule has 0 N–H and O–H groups in total. The van der Waals surface area contributed by atoms with Crippen molar-refractivity contribution in [2.24, 2.45) is 0 Å². The second kappa shape index (κ2) is 4.48. The zero-order valence-corrected chi connectivity index (χ0v) is 8.46. The molecule has 0 aliphatic heterocycles. The molecular formula is C8H7ClF2N2O2. The summed E-state index contributed by atoms with van der Waals surface area (Å²) >= 11 is 5.49. The van der Waals surface area contributed by atoms with E-state index in [4.69, 9.17) is 11.6 Å². The highest BCUT2D eigenvalue weighted by atomic mass is 35.5. The predicted molar refractivity (Wildman–Crippen MR) is 50.1 cm³/mol. The predicted octanol–water partition coefficient (Wildman–Crippen LogP) is 2.97. The Morgan fingerprint density at radius 2 is 2.27 bits per heavy atom. The molecule has 4 nitrogen and oxygen atoms in total. The second-order valence-corrected chi connectivity index (χ2v) is 3.11. The number of hydrogen-bond acceptors (Lipinski definition) is 3. The first-order valence-corrected chi connectivity index (χ1v) is 4.49. The summed E-state index contributed by atoms with van der Waals surface area (Å²) in [5.41, 5.74) is -0.101. The lowest BCUT2D eigenvalue weighted by Crippen LogP contribution is -2.03. The molecule has 0 aliphatic carbocycles. The average Bonchev–Trinajstić information content (AvgIpc) is 2.17. The normalized spacial score (nSPS) is 10.7. The van der Waals surface area contributed by atoms with E-state index in [1.807, 2.05) is 0 Å². The molecule has 0 amide bonds. The van der Waals surface area contributed by atoms with E-state index in [9.17, 15) is 18.9 Å². The lowest BCUT2D eigenvalue weighted by atomic mass is 10.1. The van der Waals surface area contributed by atoms with Crippen molar-refractivity contribution in [3.05, 3.63) is 33.0 Å². The number of halogens is 3. The van der Waals surface area contributed by atoms with Crippen LogP contribution in [0.3, 0.4) is 0 Å². The summed E-state index contributed by atoms with van der Waals surface area (Å²) in [6.07, 6.45) is -2.84. The Bertz CT molecular complexity index is 398. The van der Waals surface area contributed by atoms with Crippen molar-refractivity contribution in [3.8, 4) is 0 Å². The summed E-state index contributed by atoms with van der Waals surface area (Å²) in [5, 5.41) is 10.5. The van der Waals surface area contributed by atoms with Gasteiger partial charge in [-0.1, -0.05) is 0 Å². The maximum atomic E-state index is 12.3. The van der Waals surface area contributed by atoms with Crippen LogP contribution in [0.2, 0.25) is 0 Å². The van der Waals surface area contributed by atoms with Gasteiger partial charge >= 0.3 is 12.2 Å². The van der Waals surface area contributed by atoms with Crippen molar-refractivity contribution in [1.29, 1.82) is 0 Å². The van der Waals surface area contributed by atoms with Crippen molar-refractivity contribution >= 4 is 17.4 Å². The van der Waals surface area contributed by atoms with E-state index in [0.717, 1.165) is 6.07 Å². The largest absolute Gasteiger partial charge is 0.367 e. The van der Waals surface area contributed by atoms with Gasteiger partial charge in [0.1, 0.15) is 0 Å². The Kier molecular flexibility index (Phi) is 3.52. The lowest BCUT2D eigenvalue weighted by Gasteiger charge is -2.04. The summed E-state index contributed by atoms with van der Waals surface area (Å²) in [6.45, 7) is 1.43. The van der Waals surface area contributed by atoms with Crippen molar-refractivity contribution in [2.45, 2.75) is 19.2 Å². The maximum absolute atomic E-state index is 12.3. The van der Waals surface area contributed by atoms with Crippen molar-refractivity contribution in [2.75, 3.05) is 0 Å². The molecule has 15 heavy (non-hydrogen) atoms. The van der Waals surface area contributed by atoms with E-state index in [1.165, 1.54) is 6.92 Å². The molecule has 0 aromatic carbocycles. The third kappa shape index (κ3) is 2.38. The molecule has 7 heteroatoms. The number of rotatable bonds is 3. The van der Waals surface area contributed by atoms with Crippen LogP contribution in [0, 0.1) is 17.0 Å². The quantitative estimate of drug-likeness (QED) is 0.461. The Hall–Kier alpha value is -1.30. The zero-order valence-electron chi connectivity index (χ0n) is 7.71. The molecular weight excluding hydrogens is 230 g/mol. The first kappa shape index (κ1) is 11.8. The van der Waals surface area contributed by atoms with Gasteiger partial charge in [0, 0.05) is 5.88 Å². The molecule has 0 spiro atoms. The fraction of sp³-hybridized carbons (Fsp3) is 0.375. The van der Waals surface area contributed by atoms with Crippen LogP contribution in [-0.2, 0) is 5.88 Å². The lowest BCUT2D eigenvalue weighted by molar-refractivity contribution is -0.390. The number of alkyl halides is 3. The first-order chi connectivity index (χ1) is 6.97. The highest BCUT2D eigenvalue weighted by Gasteiger charge is 2.23. The van der Waals surface area contributed by atoms with Gasteiger partial charge in [-0.05, 0) is 28.5 Å². The fourth-order valence-electron chi connectivity index (χ4n) is 1.10. The monoisotopic (exact) mass is 236 g/mol. The van der Waals surface area contributed by atoms with E-state index in [2.05, 4.69) is 4.98 Å². The van der Waals surface area contributed by atoms with Gasteiger partial charge in [0.2, 0.25) is 5.69 Å². The molecule has 0 fully saturated rings. The molecule has 0 saturated heterocycles. The number of hydrogen-bond donors (Lipinski definition) is 0. The summed E-state index contributed by atoms with van der Waals surface area (Å²) in [6, 6.07) is 1.08. The van der Waals surface area contributed by atoms with Crippen LogP contribution < -0.4 is 0 Å². The number of pyridine rings is 1. The molecule has 0 bridgehead atoms. The van der Waals surface area contributed by atoms with Crippen molar-refractivity contribution in [3.63, 3.8) is 0 Å². The Morgan fingerprint density at radius 1 is 1.67 bits per heavy atom. The second-order valence-electron chi connectivity index (χ2n) is 2.85. The molecule has 1 heterocycles. The molecule has 0 radical (unpaired) electrons. The molecule has 0 unspecified atom stereocenters. The molecule has 82 valence electrons. The van der Waals surface area contributed by atoms with Crippen LogP contribution in [0.1, 0.15) is 23.2 Å². The standard InChI is InChI=1S/C8H7ClF2N2O2/c1-4-5(3-9)2-6(7(10)11)12-8(4)13(14)15/h2,7H,3H2,1H3. The maximum Gasteiger partial charge on any atom is 0.367 e. The molecule has 0 atom stereocenters. The van der Waals surface area contributed by atoms with E-state index in [0.29, 0.717) is 5.56 Å². The Labute approximate surface area is 89.0 Å². The van der Waals surface area contributed by atoms with Crippen molar-refractivity contribution in [1.82, 2.24) is 4.98 Å². The molecule has 0 aliphatic rings. The van der Waals surface area contributed by atoms with Crippen LogP contribution in [0.15, 0.2) is 6.07 Å². The summed E-state index contributed by atoms with van der Waals surface area (Å²) in [7, 11) is 0. The van der Waals surface area contributed by atoms with E-state index >= 15 is 0 Å². The molecule has 1 aromatic heterocycles. The van der Waals surface area contributed by atoms with Gasteiger partial charge in [-0.15, -0.1) is 11.6 Å². The topological polar surface area (TPSA) is 56.0 Å². The average molecular weight is 237 g/mol. The third-order valence-corrected chi connectivity index (χ3v) is 2.20. The molecule has 1 rings (SSSR count). The highest BCUT2D eigenvalue weighted by molar-refractivity contribution is 6.17. The fourth-order valence-corrected chi connectivity index (χ4v) is 1.37. The zero-order chi connectivity index (χ0) is 11.6. The number of nitrogens with zero attached hydrogens (tertiary/aromatic N) is 2. The highest BCUT2D eigenvalue weighted by Crippen LogP contribution is 2.26. The van der Waals surface area contributed by atoms with Crippen molar-refractivity contribution < 1.29 is 13.7 Å². The first-order valence-electron chi connectivity index (χ1n) is 3.96. The van der Waals surface area contributed by atoms with Crippen LogP contribution in [0.4, 0.5) is 14.6 Å². The molecule has 0 saturated carbocycles. The number of nitro groups is 1. The van der Waals surface area contributed by atoms with Gasteiger partial charge in [-0.25, -0.2) is 8.78 Å². The Balaban J connectivity index is 3.38. The third-order valence-electron chi connectivity index (χ3n) is 1.91. The van der Waals surface area contributed by atoms with Gasteiger partial charge < -0.3 is 10.1 Å². The van der Waals surface area contributed by atoms with Gasteiger partial charge in [0.15, 0.2) is 0 Å². The van der Waals surface area contributed by atoms with Crippen LogP contribution in [0.25, 0.3) is 0 Å². The van der Waals surface area contributed by atoms with Gasteiger partial charge in [-0.3, -0.25) is 0 Å². The van der Waals surface area contributed by atoms with Gasteiger partial charge in [0.25, 0.3) is 0 Å². The van der Waals surface area contributed by atoms with Gasteiger partial charge in [-0.2, -0.15) is 0 Å². The molecule has 1 aromatic rings. The van der Waals surface area contributed by atoms with Crippen LogP contribution in [-0.4, -0.2) is 9.91 Å². The SMILES string of the molecule is Cc1c(CCl)cc(C(F)F)nc1[N+](=O)[O-]. The summed E-state index contributed by atoms with van der Waals surface area (Å²) in [5.74, 6) is -0.627. The van der Waals surface area contributed by atoms with E-state index in [1.54, 1.807) is 0 Å². The number of aromatic nitrogens is 1. The van der Waals surface area contributed by atoms with Gasteiger partial charge in [0.05, 0.1) is 5.56 Å². The summed E-state index contributed by atoms with van der Waals surface area (Å²) in [4.78, 5) is 13.0. The Morgan fingerprint density at radius 3 is 2.67 bits per heavy atom. The smallest absolute Gasteiger partial charge is 0.358 e.